The molecule has 0 radical (unpaired) electrons. The molecule has 0 saturated carbocycles. The number of nitrogens with two attached hydrogens (primary N) is 2. The van der Waals surface area contributed by atoms with E-state index in [9.17, 15) is 4.79 Å². The van der Waals surface area contributed by atoms with E-state index in [1.54, 1.807) is 31.2 Å². The zero-order valence-electron chi connectivity index (χ0n) is 9.85. The van der Waals surface area contributed by atoms with Crippen LogP contribution in [0.25, 0.3) is 0 Å². The molecule has 94 valence electrons. The van der Waals surface area contributed by atoms with E-state index in [4.69, 9.17) is 21.3 Å². The molecule has 1 rings (SSSR count). The van der Waals surface area contributed by atoms with Crippen molar-refractivity contribution >= 4 is 5.91 Å². The Balaban J connectivity index is 2.43. The van der Waals surface area contributed by atoms with Crippen LogP contribution in [-0.4, -0.2) is 23.2 Å². The van der Waals surface area contributed by atoms with Crippen LogP contribution in [0.3, 0.4) is 0 Å². The predicted octanol–water partition coefficient (Wildman–Crippen LogP) is 0.151. The molecule has 0 aromatic heterocycles. The van der Waals surface area contributed by atoms with Gasteiger partial charge >= 0.3 is 0 Å². The van der Waals surface area contributed by atoms with Gasteiger partial charge in [0.05, 0.1) is 18.8 Å². The van der Waals surface area contributed by atoms with E-state index in [0.29, 0.717) is 18.8 Å². The third-order valence-corrected chi connectivity index (χ3v) is 2.56. The number of carbonyl (C=O) groups is 1. The second-order valence-corrected chi connectivity index (χ2v) is 4.18. The fraction of sp³-hybridized carbons (Fsp3) is 0.417. The average molecular weight is 238 g/mol. The van der Waals surface area contributed by atoms with Crippen molar-refractivity contribution in [2.75, 3.05) is 6.61 Å². The van der Waals surface area contributed by atoms with Crippen LogP contribution < -0.4 is 16.2 Å². The first-order chi connectivity index (χ1) is 7.95. The van der Waals surface area contributed by atoms with Gasteiger partial charge in [-0.25, -0.2) is 0 Å². The van der Waals surface area contributed by atoms with Gasteiger partial charge in [0.25, 0.3) is 0 Å². The molecule has 0 heterocycles. The number of ether oxygens (including phenoxy) is 1. The second-order valence-electron chi connectivity index (χ2n) is 4.18. The molecule has 1 unspecified atom stereocenters. The Morgan fingerprint density at radius 2 is 2.00 bits per heavy atom. The molecule has 0 aliphatic heterocycles. The Labute approximate surface area is 100 Å². The van der Waals surface area contributed by atoms with Crippen molar-refractivity contribution < 1.29 is 14.6 Å². The number of hydrogen-bond acceptors (Lipinski definition) is 4. The summed E-state index contributed by atoms with van der Waals surface area (Å²) in [5, 5.41) is 8.86. The number of rotatable bonds is 6. The lowest BCUT2D eigenvalue weighted by Crippen LogP contribution is -2.50. The zero-order valence-corrected chi connectivity index (χ0v) is 9.85. The summed E-state index contributed by atoms with van der Waals surface area (Å²) in [7, 11) is 0. The summed E-state index contributed by atoms with van der Waals surface area (Å²) in [6.07, 6.45) is 0.351. The van der Waals surface area contributed by atoms with Crippen molar-refractivity contribution in [1.82, 2.24) is 0 Å². The van der Waals surface area contributed by atoms with E-state index in [-0.39, 0.29) is 6.61 Å². The Kier molecular flexibility index (Phi) is 4.48. The Bertz CT molecular complexity index is 374. The molecule has 17 heavy (non-hydrogen) atoms. The molecular formula is C12H18N2O3. The minimum atomic E-state index is -1.05. The van der Waals surface area contributed by atoms with Gasteiger partial charge in [-0.3, -0.25) is 4.79 Å². The van der Waals surface area contributed by atoms with Crippen LogP contribution in [0.4, 0.5) is 0 Å². The van der Waals surface area contributed by atoms with Crippen molar-refractivity contribution in [3.8, 4) is 5.75 Å². The number of primary amides is 1. The van der Waals surface area contributed by atoms with E-state index >= 15 is 0 Å². The van der Waals surface area contributed by atoms with Gasteiger partial charge in [0.15, 0.2) is 0 Å². The van der Waals surface area contributed by atoms with Gasteiger partial charge in [-0.2, -0.15) is 0 Å². The van der Waals surface area contributed by atoms with E-state index in [1.165, 1.54) is 0 Å². The molecule has 1 aromatic carbocycles. The molecule has 1 amide bonds. The number of hydrogen-bond donors (Lipinski definition) is 3. The highest BCUT2D eigenvalue weighted by Crippen LogP contribution is 2.13. The molecular weight excluding hydrogens is 220 g/mol. The van der Waals surface area contributed by atoms with Crippen LogP contribution >= 0.6 is 0 Å². The first kappa shape index (κ1) is 13.5. The predicted molar refractivity (Wildman–Crippen MR) is 64.3 cm³/mol. The third kappa shape index (κ3) is 4.05. The van der Waals surface area contributed by atoms with Gasteiger partial charge < -0.3 is 21.3 Å². The maximum atomic E-state index is 11.0. The lowest BCUT2D eigenvalue weighted by molar-refractivity contribution is -0.123. The highest BCUT2D eigenvalue weighted by atomic mass is 16.5. The molecule has 0 aliphatic carbocycles. The first-order valence-electron chi connectivity index (χ1n) is 5.37. The molecule has 0 fully saturated rings. The van der Waals surface area contributed by atoms with Crippen molar-refractivity contribution in [3.05, 3.63) is 29.8 Å². The summed E-state index contributed by atoms with van der Waals surface area (Å²) in [4.78, 5) is 11.0. The monoisotopic (exact) mass is 238 g/mol. The topological polar surface area (TPSA) is 98.6 Å². The van der Waals surface area contributed by atoms with Crippen LogP contribution in [0.1, 0.15) is 18.9 Å². The van der Waals surface area contributed by atoms with Crippen LogP contribution in [0.15, 0.2) is 24.3 Å². The van der Waals surface area contributed by atoms with Crippen LogP contribution in [0, 0.1) is 0 Å². The minimum absolute atomic E-state index is 0.00280. The summed E-state index contributed by atoms with van der Waals surface area (Å²) in [6.45, 7) is 1.89. The Morgan fingerprint density at radius 3 is 2.47 bits per heavy atom. The number of amides is 1. The average Bonchev–Trinajstić information content (AvgIpc) is 2.29. The molecule has 0 aliphatic rings. The van der Waals surface area contributed by atoms with Gasteiger partial charge in [0.1, 0.15) is 5.75 Å². The molecule has 5 heteroatoms. The summed E-state index contributed by atoms with van der Waals surface area (Å²) >= 11 is 0. The highest BCUT2D eigenvalue weighted by molar-refractivity contribution is 5.83. The number of benzene rings is 1. The summed E-state index contributed by atoms with van der Waals surface area (Å²) < 4.78 is 5.42. The minimum Gasteiger partial charge on any atom is -0.494 e. The molecule has 1 atom stereocenters. The second kappa shape index (κ2) is 5.65. The Hall–Kier alpha value is -1.59. The van der Waals surface area contributed by atoms with E-state index in [2.05, 4.69) is 0 Å². The van der Waals surface area contributed by atoms with Crippen LogP contribution in [-0.2, 0) is 11.4 Å². The number of aliphatic hydroxyl groups excluding tert-OH is 1. The van der Waals surface area contributed by atoms with E-state index in [0.717, 1.165) is 5.56 Å². The lowest BCUT2D eigenvalue weighted by atomic mass is 9.99. The highest BCUT2D eigenvalue weighted by Gasteiger charge is 2.25. The lowest BCUT2D eigenvalue weighted by Gasteiger charge is -2.20. The quantitative estimate of drug-likeness (QED) is 0.657. The molecule has 5 nitrogen and oxygen atoms in total. The summed E-state index contributed by atoms with van der Waals surface area (Å²) in [6, 6.07) is 7.05. The number of carbonyl (C=O) groups excluding carboxylic acids is 1. The maximum absolute atomic E-state index is 11.0. The summed E-state index contributed by atoms with van der Waals surface area (Å²) in [5.74, 6) is 0.124. The van der Waals surface area contributed by atoms with Gasteiger partial charge in [0, 0.05) is 6.42 Å². The van der Waals surface area contributed by atoms with Crippen molar-refractivity contribution in [1.29, 1.82) is 0 Å². The Morgan fingerprint density at radius 1 is 1.41 bits per heavy atom. The smallest absolute Gasteiger partial charge is 0.237 e. The first-order valence-corrected chi connectivity index (χ1v) is 5.37. The zero-order chi connectivity index (χ0) is 12.9. The van der Waals surface area contributed by atoms with E-state index in [1.807, 2.05) is 0 Å². The van der Waals surface area contributed by atoms with Gasteiger partial charge in [-0.15, -0.1) is 0 Å². The van der Waals surface area contributed by atoms with Crippen molar-refractivity contribution in [3.63, 3.8) is 0 Å². The van der Waals surface area contributed by atoms with Crippen LogP contribution in [0.5, 0.6) is 5.75 Å². The summed E-state index contributed by atoms with van der Waals surface area (Å²) in [5.41, 5.74) is 10.6. The normalized spacial score (nSPS) is 14.1. The van der Waals surface area contributed by atoms with Crippen molar-refractivity contribution in [2.24, 2.45) is 11.5 Å². The molecule has 0 saturated heterocycles. The fourth-order valence-corrected chi connectivity index (χ4v) is 1.20. The molecule has 0 bridgehead atoms. The standard InChI is InChI=1S/C12H18N2O3/c1-12(14,11(13)16)6-7-17-10-4-2-9(8-15)3-5-10/h2-5,15H,6-8,14H2,1H3,(H2,13,16). The van der Waals surface area contributed by atoms with Gasteiger partial charge in [-0.1, -0.05) is 12.1 Å². The molecule has 0 spiro atoms. The maximum Gasteiger partial charge on any atom is 0.237 e. The largest absolute Gasteiger partial charge is 0.494 e. The SMILES string of the molecule is CC(N)(CCOc1ccc(CO)cc1)C(N)=O. The third-order valence-electron chi connectivity index (χ3n) is 2.56. The van der Waals surface area contributed by atoms with Gasteiger partial charge in [0.2, 0.25) is 5.91 Å². The molecule has 1 aromatic rings. The van der Waals surface area contributed by atoms with E-state index < -0.39 is 11.4 Å². The van der Waals surface area contributed by atoms with Crippen LogP contribution in [0.2, 0.25) is 0 Å². The van der Waals surface area contributed by atoms with Crippen molar-refractivity contribution in [2.45, 2.75) is 25.5 Å². The van der Waals surface area contributed by atoms with Gasteiger partial charge in [-0.05, 0) is 24.6 Å². The number of aliphatic hydroxyl groups is 1. The fourth-order valence-electron chi connectivity index (χ4n) is 1.20. The molecule has 5 N–H and O–H groups in total.